The number of carbonyl (C=O) groups is 18. The molecule has 0 aliphatic heterocycles. The lowest BCUT2D eigenvalue weighted by Gasteiger charge is -2.28. The molecule has 29 N–H and O–H groups in total. The van der Waals surface area contributed by atoms with Gasteiger partial charge in [0.1, 0.15) is 89.5 Å². The molecular formula is C74H99N17O24. The number of benzene rings is 4. The number of rotatable bonds is 52. The third kappa shape index (κ3) is 35.6. The van der Waals surface area contributed by atoms with Crippen LogP contribution < -0.4 is 92.9 Å². The van der Waals surface area contributed by atoms with Gasteiger partial charge in [0.15, 0.2) is 0 Å². The normalized spacial score (nSPS) is 13.8. The number of nitrogens with two attached hydrogens (primary N) is 6. The lowest BCUT2D eigenvalue weighted by molar-refractivity contribution is -0.142. The van der Waals surface area contributed by atoms with E-state index in [1.807, 2.05) is 0 Å². The highest BCUT2D eigenvalue weighted by molar-refractivity contribution is 6.00. The Morgan fingerprint density at radius 2 is 0.461 bits per heavy atom. The number of phenols is 4. The lowest BCUT2D eigenvalue weighted by Crippen LogP contribution is -2.61. The average molecular weight is 1610 g/mol. The smallest absolute Gasteiger partial charge is 0.326 e. The molecule has 0 heterocycles. The van der Waals surface area contributed by atoms with E-state index in [2.05, 4.69) is 58.5 Å². The lowest BCUT2D eigenvalue weighted by atomic mass is 10.0. The molecule has 4 rings (SSSR count). The molecule has 0 aliphatic carbocycles. The quantitative estimate of drug-likeness (QED) is 0.0183. The van der Waals surface area contributed by atoms with Crippen LogP contribution in [-0.2, 0) is 112 Å². The molecule has 0 unspecified atom stereocenters. The van der Waals surface area contributed by atoms with E-state index >= 15 is 0 Å². The van der Waals surface area contributed by atoms with Gasteiger partial charge in [0.25, 0.3) is 0 Å². The Labute approximate surface area is 658 Å². The van der Waals surface area contributed by atoms with Crippen LogP contribution in [0.2, 0.25) is 0 Å². The van der Waals surface area contributed by atoms with Crippen LogP contribution in [0.15, 0.2) is 97.1 Å². The molecule has 0 saturated heterocycles. The molecule has 4 aromatic carbocycles. The first-order valence-electron chi connectivity index (χ1n) is 36.3. The molecule has 4 aromatic rings. The maximum Gasteiger partial charge on any atom is 0.326 e. The third-order valence-corrected chi connectivity index (χ3v) is 17.5. The number of amides is 16. The van der Waals surface area contributed by atoms with E-state index in [0.717, 1.165) is 6.92 Å². The SMILES string of the molecule is CC(=O)N[C@@H](CCC(N)=O)C(=O)N[C@@H](Cc1ccc(O)cc1)C(=O)N[C@@H](CCC(=O)O)C(=O)N[C@@H](CCC(N)=O)C(=O)N[C@@H](Cc1ccc(O)cc1)C(=O)N[C@@H](CCC(N)=O)C(=O)N[C@@H](Cc1ccc(O)cc1)C(=O)N[C@@H](CCC(N)=O)C(=O)N[C@@H](CCCCN)C(=O)N[C@@H](Cc1ccc(O)cc1)C(=O)N[C@@H](CCC(N)=O)C(=O)O. The Hall–Kier alpha value is -13.5. The van der Waals surface area contributed by atoms with Crippen molar-refractivity contribution < 1.29 is 117 Å². The largest absolute Gasteiger partial charge is 0.508 e. The topological polar surface area (TPSA) is 717 Å². The standard InChI is InChI=1S/C74H99N17O24/c1-38(92)81-48(21-27-58(76)97)65(105)89-54(34-39-5-13-43(93)14-6-39)72(112)86-52(26-32-63(102)103)67(107)83-50(23-29-60(78)99)68(108)90-56(36-41-9-17-45(95)18-10-41)71(111)85-51(24-30-61(79)100)69(109)91-55(35-40-7-15-44(94)16-8-40)70(110)84-49(22-28-59(77)98)66(106)82-47(4-2-3-33-75)64(104)88-57(37-42-11-19-46(96)20-12-42)73(113)87-53(74(114)115)25-31-62(80)101/h5-20,47-57,93-96H,2-4,21-37,75H2,1H3,(H2,76,97)(H2,77,98)(H2,78,99)(H2,79,100)(H2,80,101)(H,81,92)(H,82,106)(H,83,107)(H,84,110)(H,85,111)(H,86,112)(H,87,113)(H,88,104)(H,89,105)(H,90,108)(H,91,109)(H,102,103)(H,114,115)/t47-,48-,49-,50-,51-,52-,53-,54-,55-,56-,57-/m0/s1. The number of primary amides is 5. The molecule has 0 aliphatic rings. The van der Waals surface area contributed by atoms with Crippen molar-refractivity contribution in [3.63, 3.8) is 0 Å². The molecule has 0 saturated carbocycles. The summed E-state index contributed by atoms with van der Waals surface area (Å²) in [5.74, 6) is -21.2. The van der Waals surface area contributed by atoms with Crippen molar-refractivity contribution in [3.05, 3.63) is 119 Å². The van der Waals surface area contributed by atoms with Gasteiger partial charge < -0.3 is 124 Å². The number of phenolic OH excluding ortho intramolecular Hbond substituents is 4. The Bertz CT molecular complexity index is 4100. The summed E-state index contributed by atoms with van der Waals surface area (Å²) in [6.45, 7) is 1.16. The minimum absolute atomic E-state index is 0.0921. The molecular weight excluding hydrogens is 1510 g/mol. The van der Waals surface area contributed by atoms with Crippen LogP contribution in [0.25, 0.3) is 0 Å². The fourth-order valence-electron chi connectivity index (χ4n) is 11.3. The van der Waals surface area contributed by atoms with Gasteiger partial charge in [0, 0.05) is 71.1 Å². The summed E-state index contributed by atoms with van der Waals surface area (Å²) in [6, 6.07) is 1.34. The zero-order valence-corrected chi connectivity index (χ0v) is 62.7. The molecule has 41 nitrogen and oxygen atoms in total. The van der Waals surface area contributed by atoms with Crippen molar-refractivity contribution in [2.45, 2.75) is 195 Å². The van der Waals surface area contributed by atoms with Gasteiger partial charge in [-0.3, -0.25) is 81.5 Å². The summed E-state index contributed by atoms with van der Waals surface area (Å²) >= 11 is 0. The van der Waals surface area contributed by atoms with Gasteiger partial charge >= 0.3 is 11.9 Å². The van der Waals surface area contributed by atoms with Crippen LogP contribution >= 0.6 is 0 Å². The van der Waals surface area contributed by atoms with E-state index in [1.165, 1.54) is 97.1 Å². The first-order valence-corrected chi connectivity index (χ1v) is 36.3. The first kappa shape index (κ1) is 93.9. The van der Waals surface area contributed by atoms with Crippen LogP contribution in [0, 0.1) is 0 Å². The number of aliphatic carboxylic acids is 2. The number of carboxylic acid groups (broad SMARTS) is 2. The van der Waals surface area contributed by atoms with Crippen molar-refractivity contribution >= 4 is 106 Å². The summed E-state index contributed by atoms with van der Waals surface area (Å²) < 4.78 is 0. The highest BCUT2D eigenvalue weighted by Crippen LogP contribution is 2.19. The Morgan fingerprint density at radius 3 is 0.670 bits per heavy atom. The molecule has 0 fully saturated rings. The Morgan fingerprint density at radius 1 is 0.270 bits per heavy atom. The van der Waals surface area contributed by atoms with Gasteiger partial charge in [-0.25, -0.2) is 4.79 Å². The van der Waals surface area contributed by atoms with Crippen molar-refractivity contribution in [2.24, 2.45) is 34.4 Å². The molecule has 0 spiro atoms. The number of unbranched alkanes of at least 4 members (excludes halogenated alkanes) is 1. The molecule has 11 atom stereocenters. The van der Waals surface area contributed by atoms with Crippen molar-refractivity contribution in [1.82, 2.24) is 58.5 Å². The zero-order valence-electron chi connectivity index (χ0n) is 62.7. The maximum absolute atomic E-state index is 15.0. The molecule has 0 bridgehead atoms. The van der Waals surface area contributed by atoms with E-state index in [-0.39, 0.29) is 72.8 Å². The van der Waals surface area contributed by atoms with Gasteiger partial charge in [-0.2, -0.15) is 0 Å². The molecule has 16 amide bonds. The van der Waals surface area contributed by atoms with Gasteiger partial charge in [-0.05, 0) is 135 Å². The maximum atomic E-state index is 15.0. The summed E-state index contributed by atoms with van der Waals surface area (Å²) in [5, 5.41) is 86.6. The summed E-state index contributed by atoms with van der Waals surface area (Å²) in [7, 11) is 0. The van der Waals surface area contributed by atoms with Crippen molar-refractivity contribution in [3.8, 4) is 23.0 Å². The highest BCUT2D eigenvalue weighted by atomic mass is 16.4. The summed E-state index contributed by atoms with van der Waals surface area (Å²) in [4.78, 5) is 242. The summed E-state index contributed by atoms with van der Waals surface area (Å²) in [6.07, 6.45) is -8.64. The molecule has 624 valence electrons. The second-order valence-electron chi connectivity index (χ2n) is 26.9. The number of hydrogen-bond donors (Lipinski definition) is 23. The van der Waals surface area contributed by atoms with Crippen LogP contribution in [0.5, 0.6) is 23.0 Å². The highest BCUT2D eigenvalue weighted by Gasteiger charge is 2.38. The summed E-state index contributed by atoms with van der Waals surface area (Å²) in [5.41, 5.74) is 33.9. The first-order chi connectivity index (χ1) is 54.3. The molecule has 0 aromatic heterocycles. The molecule has 115 heavy (non-hydrogen) atoms. The monoisotopic (exact) mass is 1610 g/mol. The second kappa shape index (κ2) is 47.7. The average Bonchev–Trinajstić information content (AvgIpc) is 0.848. The van der Waals surface area contributed by atoms with Crippen molar-refractivity contribution in [2.75, 3.05) is 6.54 Å². The number of nitrogens with one attached hydrogen (secondary N) is 11. The van der Waals surface area contributed by atoms with E-state index < -0.39 is 263 Å². The van der Waals surface area contributed by atoms with Crippen LogP contribution in [0.3, 0.4) is 0 Å². The number of hydrogen-bond acceptors (Lipinski definition) is 23. The van der Waals surface area contributed by atoms with Crippen LogP contribution in [0.4, 0.5) is 0 Å². The third-order valence-electron chi connectivity index (χ3n) is 17.5. The predicted molar refractivity (Wildman–Crippen MR) is 404 cm³/mol. The minimum Gasteiger partial charge on any atom is -0.508 e. The van der Waals surface area contributed by atoms with Crippen LogP contribution in [-0.4, -0.2) is 210 Å². The van der Waals surface area contributed by atoms with E-state index in [1.54, 1.807) is 0 Å². The van der Waals surface area contributed by atoms with E-state index in [4.69, 9.17) is 34.4 Å². The van der Waals surface area contributed by atoms with Crippen molar-refractivity contribution in [1.29, 1.82) is 0 Å². The van der Waals surface area contributed by atoms with E-state index in [9.17, 15) is 117 Å². The molecule has 41 heteroatoms. The number of aromatic hydroxyl groups is 4. The minimum atomic E-state index is -1.92. The van der Waals surface area contributed by atoms with Gasteiger partial charge in [0.05, 0.1) is 0 Å². The second-order valence-corrected chi connectivity index (χ2v) is 26.9. The van der Waals surface area contributed by atoms with Gasteiger partial charge in [0.2, 0.25) is 94.5 Å². The van der Waals surface area contributed by atoms with E-state index in [0.29, 0.717) is 11.1 Å². The number of carbonyl (C=O) groups excluding carboxylic acids is 16. The Kier molecular flexibility index (Phi) is 38.9. The number of carboxylic acids is 2. The van der Waals surface area contributed by atoms with Gasteiger partial charge in [-0.15, -0.1) is 0 Å². The fraction of sp³-hybridized carbons (Fsp3) is 0.432. The Balaban J connectivity index is 1.75. The van der Waals surface area contributed by atoms with Gasteiger partial charge in [-0.1, -0.05) is 48.5 Å². The molecule has 0 radical (unpaired) electrons. The predicted octanol–water partition coefficient (Wildman–Crippen LogP) is -5.46. The van der Waals surface area contributed by atoms with Crippen LogP contribution in [0.1, 0.15) is 125 Å². The zero-order chi connectivity index (χ0) is 85.6. The fourth-order valence-corrected chi connectivity index (χ4v) is 11.3.